The highest BCUT2D eigenvalue weighted by atomic mass is 19.4. The van der Waals surface area contributed by atoms with Crippen LogP contribution in [0.15, 0.2) is 67.0 Å². The van der Waals surface area contributed by atoms with Crippen molar-refractivity contribution in [3.05, 3.63) is 89.2 Å². The molecule has 1 aromatic heterocycles. The number of hydrogen-bond donors (Lipinski definition) is 3. The van der Waals surface area contributed by atoms with Gasteiger partial charge in [-0.25, -0.2) is 4.79 Å². The van der Waals surface area contributed by atoms with Crippen LogP contribution in [-0.2, 0) is 18.9 Å². The van der Waals surface area contributed by atoms with Crippen LogP contribution in [0.4, 0.5) is 42.5 Å². The Hall–Kier alpha value is -4.09. The van der Waals surface area contributed by atoms with Crippen LogP contribution in [0.1, 0.15) is 27.0 Å². The Bertz CT molecular complexity index is 1160. The molecular formula is C22H16F6N4O2. The van der Waals surface area contributed by atoms with Gasteiger partial charge in [0.1, 0.15) is 0 Å². The van der Waals surface area contributed by atoms with E-state index in [2.05, 4.69) is 20.9 Å². The van der Waals surface area contributed by atoms with Crippen LogP contribution >= 0.6 is 0 Å². The predicted octanol–water partition coefficient (Wildman–Crippen LogP) is 5.69. The Morgan fingerprint density at radius 1 is 0.824 bits per heavy atom. The van der Waals surface area contributed by atoms with Crippen LogP contribution in [-0.4, -0.2) is 16.9 Å². The molecule has 178 valence electrons. The molecule has 3 N–H and O–H groups in total. The Balaban J connectivity index is 1.68. The smallest absolute Gasteiger partial charge is 0.334 e. The number of nitrogens with zero attached hydrogens (tertiary/aromatic N) is 1. The lowest BCUT2D eigenvalue weighted by Crippen LogP contribution is -2.28. The number of benzene rings is 2. The molecule has 2 aromatic carbocycles. The van der Waals surface area contributed by atoms with E-state index in [-0.39, 0.29) is 30.4 Å². The summed E-state index contributed by atoms with van der Waals surface area (Å²) in [5.41, 5.74) is -2.97. The molecule has 0 bridgehead atoms. The van der Waals surface area contributed by atoms with Gasteiger partial charge in [0.2, 0.25) is 0 Å². The molecule has 0 saturated carbocycles. The molecule has 0 aliphatic carbocycles. The summed E-state index contributed by atoms with van der Waals surface area (Å²) in [6, 6.07) is 8.82. The zero-order chi connectivity index (χ0) is 24.9. The van der Waals surface area contributed by atoms with Crippen molar-refractivity contribution in [1.29, 1.82) is 0 Å². The zero-order valence-corrected chi connectivity index (χ0v) is 17.1. The van der Waals surface area contributed by atoms with Crippen molar-refractivity contribution in [3.8, 4) is 0 Å². The van der Waals surface area contributed by atoms with Gasteiger partial charge in [0.05, 0.1) is 16.7 Å². The van der Waals surface area contributed by atoms with Gasteiger partial charge in [0.25, 0.3) is 5.91 Å². The van der Waals surface area contributed by atoms with Crippen molar-refractivity contribution >= 4 is 23.3 Å². The number of hydrogen-bond acceptors (Lipinski definition) is 3. The topological polar surface area (TPSA) is 83.1 Å². The van der Waals surface area contributed by atoms with Gasteiger partial charge in [-0.2, -0.15) is 26.3 Å². The maximum absolute atomic E-state index is 13.2. The maximum atomic E-state index is 13.2. The van der Waals surface area contributed by atoms with E-state index in [1.807, 2.05) is 0 Å². The molecule has 3 rings (SSSR count). The first-order valence-electron chi connectivity index (χ1n) is 9.57. The summed E-state index contributed by atoms with van der Waals surface area (Å²) in [6.07, 6.45) is -6.80. The molecule has 1 heterocycles. The lowest BCUT2D eigenvalue weighted by molar-refractivity contribution is -0.141. The van der Waals surface area contributed by atoms with E-state index in [0.717, 1.165) is 5.56 Å². The number of rotatable bonds is 5. The van der Waals surface area contributed by atoms with Crippen LogP contribution < -0.4 is 16.0 Å². The minimum absolute atomic E-state index is 0.0110. The van der Waals surface area contributed by atoms with E-state index in [0.29, 0.717) is 5.69 Å². The zero-order valence-electron chi connectivity index (χ0n) is 17.1. The molecule has 0 aliphatic rings. The fourth-order valence-corrected chi connectivity index (χ4v) is 2.85. The summed E-state index contributed by atoms with van der Waals surface area (Å²) in [4.78, 5) is 28.3. The second kappa shape index (κ2) is 9.81. The SMILES string of the molecule is O=C(NCc1cccnc1)Nc1ccc(NC(=O)c2cc(C(F)(F)F)ccc2C(F)(F)F)cc1. The molecule has 3 aromatic rings. The number of aromatic nitrogens is 1. The van der Waals surface area contributed by atoms with E-state index in [4.69, 9.17) is 0 Å². The second-order valence-electron chi connectivity index (χ2n) is 6.96. The van der Waals surface area contributed by atoms with E-state index in [9.17, 15) is 35.9 Å². The standard InChI is InChI=1S/C22H16F6N4O2/c23-21(24,25)14-3-8-18(22(26,27)28)17(10-14)19(33)31-15-4-6-16(7-5-15)32-20(34)30-12-13-2-1-9-29-11-13/h1-11H,12H2,(H,31,33)(H2,30,32,34). The van der Waals surface area contributed by atoms with Crippen molar-refractivity contribution in [3.63, 3.8) is 0 Å². The van der Waals surface area contributed by atoms with Gasteiger partial charge in [0.15, 0.2) is 0 Å². The van der Waals surface area contributed by atoms with Crippen LogP contribution in [0.5, 0.6) is 0 Å². The normalized spacial score (nSPS) is 11.6. The number of amides is 3. The Kier molecular flexibility index (Phi) is 7.08. The molecule has 6 nitrogen and oxygen atoms in total. The molecule has 0 radical (unpaired) electrons. The number of anilines is 2. The van der Waals surface area contributed by atoms with E-state index in [1.165, 1.54) is 24.3 Å². The monoisotopic (exact) mass is 482 g/mol. The molecule has 0 aliphatic heterocycles. The van der Waals surface area contributed by atoms with Gasteiger partial charge in [-0.15, -0.1) is 0 Å². The summed E-state index contributed by atoms with van der Waals surface area (Å²) in [5, 5.41) is 7.25. The number of pyridine rings is 1. The minimum Gasteiger partial charge on any atom is -0.334 e. The van der Waals surface area contributed by atoms with Gasteiger partial charge in [0, 0.05) is 30.3 Å². The van der Waals surface area contributed by atoms with Crippen molar-refractivity contribution in [1.82, 2.24) is 10.3 Å². The van der Waals surface area contributed by atoms with Crippen LogP contribution in [0.2, 0.25) is 0 Å². The summed E-state index contributed by atoms with van der Waals surface area (Å²) >= 11 is 0. The van der Waals surface area contributed by atoms with E-state index in [1.54, 1.807) is 24.5 Å². The lowest BCUT2D eigenvalue weighted by atomic mass is 10.0. The van der Waals surface area contributed by atoms with Gasteiger partial charge in [-0.3, -0.25) is 9.78 Å². The summed E-state index contributed by atoms with van der Waals surface area (Å²) in [7, 11) is 0. The Morgan fingerprint density at radius 3 is 2.03 bits per heavy atom. The quantitative estimate of drug-likeness (QED) is 0.409. The van der Waals surface area contributed by atoms with Crippen molar-refractivity contribution in [2.24, 2.45) is 0 Å². The second-order valence-corrected chi connectivity index (χ2v) is 6.96. The van der Waals surface area contributed by atoms with Gasteiger partial charge >= 0.3 is 18.4 Å². The molecule has 0 spiro atoms. The fraction of sp³-hybridized carbons (Fsp3) is 0.136. The first-order chi connectivity index (χ1) is 15.9. The average molecular weight is 482 g/mol. The first-order valence-corrected chi connectivity index (χ1v) is 9.57. The Morgan fingerprint density at radius 2 is 1.47 bits per heavy atom. The number of carbonyl (C=O) groups excluding carboxylic acids is 2. The molecule has 3 amide bonds. The van der Waals surface area contributed by atoms with E-state index < -0.39 is 41.0 Å². The average Bonchev–Trinajstić information content (AvgIpc) is 2.78. The fourth-order valence-electron chi connectivity index (χ4n) is 2.85. The third-order valence-corrected chi connectivity index (χ3v) is 4.47. The number of nitrogens with one attached hydrogen (secondary N) is 3. The highest BCUT2D eigenvalue weighted by molar-refractivity contribution is 6.05. The minimum atomic E-state index is -5.03. The summed E-state index contributed by atoms with van der Waals surface area (Å²) in [6.45, 7) is 0.215. The van der Waals surface area contributed by atoms with Gasteiger partial charge < -0.3 is 16.0 Å². The number of halogens is 6. The highest BCUT2D eigenvalue weighted by Crippen LogP contribution is 2.36. The summed E-state index contributed by atoms with van der Waals surface area (Å²) < 4.78 is 78.4. The largest absolute Gasteiger partial charge is 0.417 e. The molecule has 0 atom stereocenters. The van der Waals surface area contributed by atoms with Crippen LogP contribution in [0.3, 0.4) is 0 Å². The van der Waals surface area contributed by atoms with Crippen molar-refractivity contribution < 1.29 is 35.9 Å². The van der Waals surface area contributed by atoms with Crippen molar-refractivity contribution in [2.75, 3.05) is 10.6 Å². The van der Waals surface area contributed by atoms with E-state index >= 15 is 0 Å². The molecule has 34 heavy (non-hydrogen) atoms. The lowest BCUT2D eigenvalue weighted by Gasteiger charge is -2.16. The molecule has 0 saturated heterocycles. The number of alkyl halides is 6. The predicted molar refractivity (Wildman–Crippen MR) is 111 cm³/mol. The molecular weight excluding hydrogens is 466 g/mol. The number of carbonyl (C=O) groups is 2. The van der Waals surface area contributed by atoms with Crippen LogP contribution in [0, 0.1) is 0 Å². The van der Waals surface area contributed by atoms with Gasteiger partial charge in [-0.1, -0.05) is 6.07 Å². The number of urea groups is 1. The highest BCUT2D eigenvalue weighted by Gasteiger charge is 2.38. The molecule has 0 unspecified atom stereocenters. The Labute approximate surface area is 189 Å². The molecule has 12 heteroatoms. The van der Waals surface area contributed by atoms with Gasteiger partial charge in [-0.05, 0) is 54.1 Å². The third-order valence-electron chi connectivity index (χ3n) is 4.47. The summed E-state index contributed by atoms with van der Waals surface area (Å²) in [5.74, 6) is -1.37. The first kappa shape index (κ1) is 24.6. The van der Waals surface area contributed by atoms with Crippen LogP contribution in [0.25, 0.3) is 0 Å². The maximum Gasteiger partial charge on any atom is 0.417 e. The van der Waals surface area contributed by atoms with Crippen molar-refractivity contribution in [2.45, 2.75) is 18.9 Å². The third kappa shape index (κ3) is 6.47. The molecule has 0 fully saturated rings.